The molecule has 2 aliphatic rings. The van der Waals surface area contributed by atoms with E-state index in [9.17, 15) is 9.59 Å². The van der Waals surface area contributed by atoms with Crippen molar-refractivity contribution >= 4 is 11.8 Å². The second-order valence-corrected chi connectivity index (χ2v) is 6.14. The first-order valence-corrected chi connectivity index (χ1v) is 6.73. The van der Waals surface area contributed by atoms with Crippen LogP contribution in [0.4, 0.5) is 0 Å². The van der Waals surface area contributed by atoms with Gasteiger partial charge in [-0.15, -0.1) is 0 Å². The number of carbonyl (C=O) groups excluding carboxylic acids is 2. The Morgan fingerprint density at radius 2 is 2.17 bits per heavy atom. The first kappa shape index (κ1) is 13.3. The summed E-state index contributed by atoms with van der Waals surface area (Å²) in [6, 6.07) is 0. The summed E-state index contributed by atoms with van der Waals surface area (Å²) in [7, 11) is 0. The Morgan fingerprint density at radius 3 is 2.72 bits per heavy atom. The Kier molecular flexibility index (Phi) is 3.61. The van der Waals surface area contributed by atoms with Crippen LogP contribution in [0, 0.1) is 11.3 Å². The van der Waals surface area contributed by atoms with E-state index in [4.69, 9.17) is 5.73 Å². The zero-order chi connectivity index (χ0) is 13.3. The molecule has 5 heteroatoms. The lowest BCUT2D eigenvalue weighted by molar-refractivity contribution is -0.167. The minimum absolute atomic E-state index is 0.0742. The van der Waals surface area contributed by atoms with Gasteiger partial charge >= 0.3 is 0 Å². The molecule has 1 unspecified atom stereocenters. The molecule has 0 bridgehead atoms. The van der Waals surface area contributed by atoms with E-state index in [-0.39, 0.29) is 17.9 Å². The first-order valence-electron chi connectivity index (χ1n) is 6.73. The van der Waals surface area contributed by atoms with Gasteiger partial charge in [-0.25, -0.2) is 0 Å². The first-order chi connectivity index (χ1) is 8.43. The van der Waals surface area contributed by atoms with Crippen molar-refractivity contribution in [1.29, 1.82) is 0 Å². The highest BCUT2D eigenvalue weighted by Crippen LogP contribution is 2.40. The van der Waals surface area contributed by atoms with Gasteiger partial charge in [0.25, 0.3) is 0 Å². The molecule has 1 atom stereocenters. The number of rotatable bonds is 4. The van der Waals surface area contributed by atoms with Gasteiger partial charge in [0.1, 0.15) is 0 Å². The lowest BCUT2D eigenvalue weighted by Gasteiger charge is -2.53. The highest BCUT2D eigenvalue weighted by molar-refractivity contribution is 5.92. The van der Waals surface area contributed by atoms with Crippen LogP contribution in [-0.4, -0.2) is 54.3 Å². The van der Waals surface area contributed by atoms with E-state index < -0.39 is 5.91 Å². The Bertz CT molecular complexity index is 356. The van der Waals surface area contributed by atoms with Crippen molar-refractivity contribution in [2.24, 2.45) is 17.1 Å². The summed E-state index contributed by atoms with van der Waals surface area (Å²) in [5.41, 5.74) is 4.91. The quantitative estimate of drug-likeness (QED) is 0.720. The summed E-state index contributed by atoms with van der Waals surface area (Å²) in [5, 5.41) is 0. The van der Waals surface area contributed by atoms with Crippen LogP contribution in [0.25, 0.3) is 0 Å². The topological polar surface area (TPSA) is 66.6 Å². The average Bonchev–Trinajstić information content (AvgIpc) is 2.27. The fourth-order valence-electron chi connectivity index (χ4n) is 3.27. The number of hydrogen-bond acceptors (Lipinski definition) is 3. The summed E-state index contributed by atoms with van der Waals surface area (Å²) < 4.78 is 0. The summed E-state index contributed by atoms with van der Waals surface area (Å²) in [6.07, 6.45) is 2.03. The molecule has 0 saturated carbocycles. The molecular weight excluding hydrogens is 230 g/mol. The van der Waals surface area contributed by atoms with Crippen LogP contribution in [0.3, 0.4) is 0 Å². The molecule has 2 N–H and O–H groups in total. The third-order valence-corrected chi connectivity index (χ3v) is 3.86. The molecule has 0 radical (unpaired) electrons. The summed E-state index contributed by atoms with van der Waals surface area (Å²) >= 11 is 0. The summed E-state index contributed by atoms with van der Waals surface area (Å²) in [4.78, 5) is 27.0. The molecule has 5 nitrogen and oxygen atoms in total. The van der Waals surface area contributed by atoms with Crippen LogP contribution in [-0.2, 0) is 9.59 Å². The maximum atomic E-state index is 12.2. The van der Waals surface area contributed by atoms with Crippen LogP contribution in [0.1, 0.15) is 26.7 Å². The molecule has 2 amide bonds. The van der Waals surface area contributed by atoms with Crippen molar-refractivity contribution in [2.75, 3.05) is 32.7 Å². The zero-order valence-corrected chi connectivity index (χ0v) is 11.3. The fourth-order valence-corrected chi connectivity index (χ4v) is 3.27. The third-order valence-electron chi connectivity index (χ3n) is 3.86. The van der Waals surface area contributed by atoms with Gasteiger partial charge in [-0.2, -0.15) is 0 Å². The van der Waals surface area contributed by atoms with Crippen molar-refractivity contribution in [3.8, 4) is 0 Å². The molecular formula is C13H23N3O2. The van der Waals surface area contributed by atoms with Crippen molar-refractivity contribution in [2.45, 2.75) is 26.7 Å². The van der Waals surface area contributed by atoms with Crippen molar-refractivity contribution in [1.82, 2.24) is 9.80 Å². The summed E-state index contributed by atoms with van der Waals surface area (Å²) in [6.45, 7) is 8.15. The smallest absolute Gasteiger partial charge is 0.237 e. The summed E-state index contributed by atoms with van der Waals surface area (Å²) in [5.74, 6) is 0.319. The van der Waals surface area contributed by atoms with Crippen LogP contribution in [0.2, 0.25) is 0 Å². The van der Waals surface area contributed by atoms with Crippen molar-refractivity contribution < 1.29 is 9.59 Å². The molecule has 0 aromatic carbocycles. The third kappa shape index (κ3) is 2.51. The highest BCUT2D eigenvalue weighted by atomic mass is 16.2. The zero-order valence-electron chi connectivity index (χ0n) is 11.3. The number of piperidine rings is 1. The maximum Gasteiger partial charge on any atom is 0.237 e. The predicted octanol–water partition coefficient (Wildman–Crippen LogP) is 0.0521. The van der Waals surface area contributed by atoms with Crippen LogP contribution in [0.15, 0.2) is 0 Å². The van der Waals surface area contributed by atoms with Gasteiger partial charge in [0.15, 0.2) is 0 Å². The number of hydrogen-bond donors (Lipinski definition) is 1. The number of amides is 2. The van der Waals surface area contributed by atoms with E-state index in [0.717, 1.165) is 32.5 Å². The SMILES string of the molecule is CC(C)CN1CCCC2(C1)CN(CC(N)=O)C2=O. The van der Waals surface area contributed by atoms with Gasteiger partial charge in [0.2, 0.25) is 11.8 Å². The number of β-lactam (4-membered cyclic amide) rings is 1. The lowest BCUT2D eigenvalue weighted by atomic mass is 9.72. The fraction of sp³-hybridized carbons (Fsp3) is 0.846. The monoisotopic (exact) mass is 253 g/mol. The molecule has 1 spiro atoms. The minimum atomic E-state index is -0.423. The molecule has 2 saturated heterocycles. The van der Waals surface area contributed by atoms with Gasteiger partial charge < -0.3 is 15.5 Å². The van der Waals surface area contributed by atoms with Gasteiger partial charge in [-0.05, 0) is 25.3 Å². The molecule has 2 aliphatic heterocycles. The van der Waals surface area contributed by atoms with E-state index in [1.807, 2.05) is 0 Å². The Balaban J connectivity index is 1.93. The minimum Gasteiger partial charge on any atom is -0.368 e. The number of likely N-dealkylation sites (tertiary alicyclic amines) is 2. The molecule has 2 heterocycles. The van der Waals surface area contributed by atoms with Crippen molar-refractivity contribution in [3.63, 3.8) is 0 Å². The number of carbonyl (C=O) groups is 2. The largest absolute Gasteiger partial charge is 0.368 e. The lowest BCUT2D eigenvalue weighted by Crippen LogP contribution is -2.68. The molecule has 18 heavy (non-hydrogen) atoms. The van der Waals surface area contributed by atoms with Crippen LogP contribution in [0.5, 0.6) is 0 Å². The molecule has 0 aromatic rings. The van der Waals surface area contributed by atoms with Gasteiger partial charge in [-0.3, -0.25) is 9.59 Å². The number of nitrogens with zero attached hydrogens (tertiary/aromatic N) is 2. The molecule has 0 aromatic heterocycles. The van der Waals surface area contributed by atoms with Gasteiger partial charge in [0.05, 0.1) is 12.0 Å². The van der Waals surface area contributed by atoms with Gasteiger partial charge in [-0.1, -0.05) is 13.8 Å². The van der Waals surface area contributed by atoms with E-state index in [1.165, 1.54) is 0 Å². The molecule has 2 rings (SSSR count). The normalized spacial score (nSPS) is 28.8. The number of nitrogens with two attached hydrogens (primary N) is 1. The average molecular weight is 253 g/mol. The second kappa shape index (κ2) is 4.88. The Morgan fingerprint density at radius 1 is 1.44 bits per heavy atom. The van der Waals surface area contributed by atoms with E-state index in [0.29, 0.717) is 12.5 Å². The van der Waals surface area contributed by atoms with Crippen LogP contribution < -0.4 is 5.73 Å². The molecule has 0 aliphatic carbocycles. The highest BCUT2D eigenvalue weighted by Gasteiger charge is 2.53. The van der Waals surface area contributed by atoms with E-state index >= 15 is 0 Å². The Labute approximate surface area is 108 Å². The van der Waals surface area contributed by atoms with Crippen LogP contribution >= 0.6 is 0 Å². The number of primary amides is 1. The van der Waals surface area contributed by atoms with Crippen molar-refractivity contribution in [3.05, 3.63) is 0 Å². The predicted molar refractivity (Wildman–Crippen MR) is 68.7 cm³/mol. The van der Waals surface area contributed by atoms with E-state index in [1.54, 1.807) is 4.90 Å². The molecule has 2 fully saturated rings. The van der Waals surface area contributed by atoms with Gasteiger partial charge in [0, 0.05) is 19.6 Å². The standard InChI is InChI=1S/C13H23N3O2/c1-10(2)6-15-5-3-4-13(8-15)9-16(12(13)18)7-11(14)17/h10H,3-9H2,1-2H3,(H2,14,17). The Hall–Kier alpha value is -1.10. The maximum absolute atomic E-state index is 12.2. The van der Waals surface area contributed by atoms with E-state index in [2.05, 4.69) is 18.7 Å². The molecule has 102 valence electrons. The second-order valence-electron chi connectivity index (χ2n) is 6.14.